The third kappa shape index (κ3) is 3.45. The first-order valence-electron chi connectivity index (χ1n) is 14.4. The summed E-state index contributed by atoms with van der Waals surface area (Å²) in [5.74, 6) is 0. The summed E-state index contributed by atoms with van der Waals surface area (Å²) in [5, 5.41) is 12.2. The lowest BCUT2D eigenvalue weighted by Gasteiger charge is -2.27. The van der Waals surface area contributed by atoms with Gasteiger partial charge in [0.15, 0.2) is 0 Å². The van der Waals surface area contributed by atoms with Gasteiger partial charge in [0.25, 0.3) is 0 Å². The first-order chi connectivity index (χ1) is 20.8. The van der Waals surface area contributed by atoms with Crippen LogP contribution in [0.2, 0.25) is 0 Å². The molecule has 8 aromatic carbocycles. The van der Waals surface area contributed by atoms with Gasteiger partial charge in [0, 0.05) is 27.5 Å². The second-order valence-electron chi connectivity index (χ2n) is 11.0. The predicted octanol–water partition coefficient (Wildman–Crippen LogP) is 11.7. The highest BCUT2D eigenvalue weighted by molar-refractivity contribution is 6.18. The monoisotopic (exact) mass is 535 g/mol. The van der Waals surface area contributed by atoms with E-state index < -0.39 is 0 Å². The number of nitrogens with zero attached hydrogens (tertiary/aromatic N) is 1. The molecule has 9 aromatic rings. The molecule has 0 atom stereocenters. The maximum Gasteiger partial charge on any atom is 0.136 e. The Bertz CT molecular complexity index is 2470. The highest BCUT2D eigenvalue weighted by Gasteiger charge is 2.18. The van der Waals surface area contributed by atoms with E-state index in [0.717, 1.165) is 44.4 Å². The number of hydrogen-bond donors (Lipinski definition) is 0. The van der Waals surface area contributed by atoms with Gasteiger partial charge in [0.05, 0.1) is 5.69 Å². The van der Waals surface area contributed by atoms with Crippen molar-refractivity contribution in [1.29, 1.82) is 0 Å². The van der Waals surface area contributed by atoms with Crippen LogP contribution in [0, 0.1) is 0 Å². The predicted molar refractivity (Wildman–Crippen MR) is 178 cm³/mol. The first kappa shape index (κ1) is 23.1. The number of furan rings is 1. The van der Waals surface area contributed by atoms with E-state index in [4.69, 9.17) is 4.42 Å². The summed E-state index contributed by atoms with van der Waals surface area (Å²) in [6.45, 7) is 0. The van der Waals surface area contributed by atoms with Crippen molar-refractivity contribution in [1.82, 2.24) is 0 Å². The van der Waals surface area contributed by atoms with Crippen LogP contribution in [0.5, 0.6) is 0 Å². The van der Waals surface area contributed by atoms with Crippen molar-refractivity contribution >= 4 is 82.1 Å². The van der Waals surface area contributed by atoms with Crippen LogP contribution >= 0.6 is 0 Å². The third-order valence-electron chi connectivity index (χ3n) is 8.60. The van der Waals surface area contributed by atoms with Crippen LogP contribution < -0.4 is 4.90 Å². The zero-order chi connectivity index (χ0) is 27.6. The van der Waals surface area contributed by atoms with E-state index >= 15 is 0 Å². The van der Waals surface area contributed by atoms with Gasteiger partial charge in [-0.25, -0.2) is 0 Å². The summed E-state index contributed by atoms with van der Waals surface area (Å²) in [4.78, 5) is 2.37. The Morgan fingerprint density at radius 1 is 0.333 bits per heavy atom. The molecule has 0 radical (unpaired) electrons. The van der Waals surface area contributed by atoms with E-state index in [1.807, 2.05) is 12.1 Å². The zero-order valence-electron chi connectivity index (χ0n) is 22.8. The molecule has 42 heavy (non-hydrogen) atoms. The number of para-hydroxylation sites is 2. The molecule has 0 fully saturated rings. The fourth-order valence-corrected chi connectivity index (χ4v) is 6.62. The van der Waals surface area contributed by atoms with E-state index in [9.17, 15) is 0 Å². The summed E-state index contributed by atoms with van der Waals surface area (Å²) >= 11 is 0. The summed E-state index contributed by atoms with van der Waals surface area (Å²) in [7, 11) is 0. The van der Waals surface area contributed by atoms with Crippen LogP contribution in [-0.4, -0.2) is 0 Å². The maximum absolute atomic E-state index is 6.33. The molecule has 196 valence electrons. The number of anilines is 3. The molecule has 0 saturated carbocycles. The van der Waals surface area contributed by atoms with Gasteiger partial charge in [-0.2, -0.15) is 0 Å². The highest BCUT2D eigenvalue weighted by atomic mass is 16.3. The van der Waals surface area contributed by atoms with Crippen molar-refractivity contribution in [3.05, 3.63) is 152 Å². The minimum atomic E-state index is 0.903. The fraction of sp³-hybridized carbons (Fsp3) is 0. The largest absolute Gasteiger partial charge is 0.456 e. The van der Waals surface area contributed by atoms with Crippen molar-refractivity contribution in [2.45, 2.75) is 0 Å². The topological polar surface area (TPSA) is 16.4 Å². The second-order valence-corrected chi connectivity index (χ2v) is 11.0. The van der Waals surface area contributed by atoms with Gasteiger partial charge >= 0.3 is 0 Å². The molecule has 9 rings (SSSR count). The quantitative estimate of drug-likeness (QED) is 0.209. The van der Waals surface area contributed by atoms with Gasteiger partial charge in [-0.05, 0) is 86.2 Å². The first-order valence-corrected chi connectivity index (χ1v) is 14.4. The lowest BCUT2D eigenvalue weighted by molar-refractivity contribution is 0.669. The molecular formula is C40H25NO. The average molecular weight is 536 g/mol. The molecule has 0 aliphatic heterocycles. The second kappa shape index (κ2) is 8.95. The smallest absolute Gasteiger partial charge is 0.136 e. The van der Waals surface area contributed by atoms with Crippen LogP contribution in [0.3, 0.4) is 0 Å². The Morgan fingerprint density at radius 2 is 1.02 bits per heavy atom. The van der Waals surface area contributed by atoms with Crippen LogP contribution in [0.15, 0.2) is 156 Å². The molecule has 1 aromatic heterocycles. The molecule has 0 aliphatic rings. The van der Waals surface area contributed by atoms with Crippen molar-refractivity contribution in [2.75, 3.05) is 4.90 Å². The zero-order valence-corrected chi connectivity index (χ0v) is 22.8. The Kier molecular flexibility index (Phi) is 4.93. The van der Waals surface area contributed by atoms with E-state index in [-0.39, 0.29) is 0 Å². The summed E-state index contributed by atoms with van der Waals surface area (Å²) in [6, 6.07) is 54.4. The van der Waals surface area contributed by atoms with E-state index in [1.165, 1.54) is 37.7 Å². The standard InChI is InChI=1S/C40H25NO/c1-2-11-29(12-3-1)41(38-15-8-10-28-23-37-34-14-6-7-16-39(34)42-40(37)25-36(28)38)30-20-17-27-19-21-32-31-13-5-4-9-26(31)18-22-33(32)35(27)24-30/h1-25H. The third-order valence-corrected chi connectivity index (χ3v) is 8.60. The minimum absolute atomic E-state index is 0.903. The van der Waals surface area contributed by atoms with Crippen LogP contribution in [-0.2, 0) is 0 Å². The fourth-order valence-electron chi connectivity index (χ4n) is 6.62. The van der Waals surface area contributed by atoms with Crippen LogP contribution in [0.25, 0.3) is 65.0 Å². The molecule has 2 nitrogen and oxygen atoms in total. The summed E-state index contributed by atoms with van der Waals surface area (Å²) < 4.78 is 6.33. The molecule has 0 spiro atoms. The van der Waals surface area contributed by atoms with Crippen molar-refractivity contribution < 1.29 is 4.42 Å². The summed E-state index contributed by atoms with van der Waals surface area (Å²) in [5.41, 5.74) is 5.16. The Labute approximate surface area is 242 Å². The molecular weight excluding hydrogens is 510 g/mol. The van der Waals surface area contributed by atoms with Gasteiger partial charge in [-0.1, -0.05) is 103 Å². The van der Waals surface area contributed by atoms with Crippen molar-refractivity contribution in [3.63, 3.8) is 0 Å². The number of hydrogen-bond acceptors (Lipinski definition) is 2. The Morgan fingerprint density at radius 3 is 1.90 bits per heavy atom. The SMILES string of the molecule is c1ccc(N(c2ccc3ccc4c5ccccc5ccc4c3c2)c2cccc3cc4c(cc23)oc2ccccc24)cc1. The average Bonchev–Trinajstić information content (AvgIpc) is 3.41. The van der Waals surface area contributed by atoms with Gasteiger partial charge in [0.1, 0.15) is 11.2 Å². The van der Waals surface area contributed by atoms with Gasteiger partial charge < -0.3 is 9.32 Å². The van der Waals surface area contributed by atoms with Crippen molar-refractivity contribution in [2.24, 2.45) is 0 Å². The molecule has 2 heteroatoms. The van der Waals surface area contributed by atoms with Gasteiger partial charge in [-0.3, -0.25) is 0 Å². The van der Waals surface area contributed by atoms with Crippen LogP contribution in [0.4, 0.5) is 17.1 Å². The molecule has 0 bridgehead atoms. The normalized spacial score (nSPS) is 11.8. The number of rotatable bonds is 3. The number of fused-ring (bicyclic) bond motifs is 9. The van der Waals surface area contributed by atoms with Gasteiger partial charge in [-0.15, -0.1) is 0 Å². The lowest BCUT2D eigenvalue weighted by Crippen LogP contribution is -2.10. The Balaban J connectivity index is 1.32. The lowest BCUT2D eigenvalue weighted by atomic mass is 9.96. The Hall–Kier alpha value is -5.60. The minimum Gasteiger partial charge on any atom is -0.456 e. The number of benzene rings is 8. The van der Waals surface area contributed by atoms with Gasteiger partial charge in [0.2, 0.25) is 0 Å². The van der Waals surface area contributed by atoms with E-state index in [1.54, 1.807) is 0 Å². The molecule has 1 heterocycles. The summed E-state index contributed by atoms with van der Waals surface area (Å²) in [6.07, 6.45) is 0. The van der Waals surface area contributed by atoms with Crippen molar-refractivity contribution in [3.8, 4) is 0 Å². The molecule has 0 N–H and O–H groups in total. The van der Waals surface area contributed by atoms with E-state index in [0.29, 0.717) is 0 Å². The molecule has 0 unspecified atom stereocenters. The molecule has 0 saturated heterocycles. The molecule has 0 aliphatic carbocycles. The molecule has 0 amide bonds. The van der Waals surface area contributed by atoms with E-state index in [2.05, 4.69) is 144 Å². The van der Waals surface area contributed by atoms with Crippen LogP contribution in [0.1, 0.15) is 0 Å². The highest BCUT2D eigenvalue weighted by Crippen LogP contribution is 2.43. The maximum atomic E-state index is 6.33.